The summed E-state index contributed by atoms with van der Waals surface area (Å²) in [5, 5.41) is 11.9. The monoisotopic (exact) mass is 507 g/mol. The van der Waals surface area contributed by atoms with E-state index in [2.05, 4.69) is 5.32 Å². The highest BCUT2D eigenvalue weighted by molar-refractivity contribution is 7.90. The molecule has 0 aromatic heterocycles. The average Bonchev–Trinajstić information content (AvgIpc) is 2.87. The molecule has 0 aliphatic rings. The van der Waals surface area contributed by atoms with Crippen LogP contribution in [0.3, 0.4) is 0 Å². The van der Waals surface area contributed by atoms with E-state index < -0.39 is 16.1 Å². The maximum atomic E-state index is 12.6. The van der Waals surface area contributed by atoms with Gasteiger partial charge in [0, 0.05) is 6.08 Å². The van der Waals surface area contributed by atoms with E-state index in [1.165, 1.54) is 32.4 Å². The van der Waals surface area contributed by atoms with E-state index in [1.807, 2.05) is 17.7 Å². The second-order valence-electron chi connectivity index (χ2n) is 7.27. The standard InChI is InChI=1S/C26H25N3O6S/c1-4-35-25-17-19(11-13-24(25)34-3)21(14-15-27)18-10-12-23(33-2)22(16-18)28-26(30)29-36(31,32)20-8-6-5-7-9-20/h5-14,16-17H,4H2,1-3H3,(H2,28,29,30)/b21-14-. The first kappa shape index (κ1) is 26.1. The van der Waals surface area contributed by atoms with E-state index in [4.69, 9.17) is 14.2 Å². The van der Waals surface area contributed by atoms with Crippen LogP contribution in [0.2, 0.25) is 0 Å². The number of nitriles is 1. The molecule has 0 radical (unpaired) electrons. The van der Waals surface area contributed by atoms with Crippen LogP contribution in [-0.2, 0) is 10.0 Å². The fraction of sp³-hybridized carbons (Fsp3) is 0.154. The van der Waals surface area contributed by atoms with Crippen molar-refractivity contribution in [3.63, 3.8) is 0 Å². The molecule has 3 aromatic carbocycles. The number of hydrogen-bond acceptors (Lipinski definition) is 7. The predicted molar refractivity (Wildman–Crippen MR) is 136 cm³/mol. The Hall–Kier alpha value is -4.49. The van der Waals surface area contributed by atoms with Crippen LogP contribution in [0.5, 0.6) is 17.2 Å². The minimum Gasteiger partial charge on any atom is -0.495 e. The van der Waals surface area contributed by atoms with E-state index in [0.717, 1.165) is 0 Å². The van der Waals surface area contributed by atoms with Gasteiger partial charge >= 0.3 is 6.03 Å². The van der Waals surface area contributed by atoms with Crippen molar-refractivity contribution in [1.82, 2.24) is 4.72 Å². The number of rotatable bonds is 9. The number of hydrogen-bond donors (Lipinski definition) is 2. The zero-order chi connectivity index (χ0) is 26.1. The summed E-state index contributed by atoms with van der Waals surface area (Å²) in [7, 11) is -1.12. The van der Waals surface area contributed by atoms with Crippen molar-refractivity contribution >= 4 is 27.3 Å². The molecule has 0 saturated carbocycles. The first-order chi connectivity index (χ1) is 17.3. The Labute approximate surface area is 210 Å². The molecule has 0 spiro atoms. The molecule has 0 aliphatic heterocycles. The van der Waals surface area contributed by atoms with Gasteiger partial charge in [-0.2, -0.15) is 5.26 Å². The maximum absolute atomic E-state index is 12.6. The summed E-state index contributed by atoms with van der Waals surface area (Å²) in [5.41, 5.74) is 2.00. The number of nitrogens with one attached hydrogen (secondary N) is 2. The Bertz CT molecular complexity index is 1410. The molecule has 3 aromatic rings. The normalized spacial score (nSPS) is 11.2. The van der Waals surface area contributed by atoms with Gasteiger partial charge in [0.15, 0.2) is 11.5 Å². The first-order valence-electron chi connectivity index (χ1n) is 10.8. The highest BCUT2D eigenvalue weighted by Crippen LogP contribution is 2.35. The summed E-state index contributed by atoms with van der Waals surface area (Å²) in [6, 6.07) is 18.8. The number of anilines is 1. The van der Waals surface area contributed by atoms with E-state index in [0.29, 0.717) is 40.6 Å². The molecule has 2 amide bonds. The number of carbonyl (C=O) groups excluding carboxylic acids is 1. The minimum atomic E-state index is -4.08. The fourth-order valence-electron chi connectivity index (χ4n) is 3.41. The third kappa shape index (κ3) is 6.14. The molecule has 0 atom stereocenters. The molecule has 0 heterocycles. The van der Waals surface area contributed by atoms with E-state index in [-0.39, 0.29) is 10.6 Å². The minimum absolute atomic E-state index is 0.0512. The zero-order valence-corrected chi connectivity index (χ0v) is 20.8. The predicted octanol–water partition coefficient (Wildman–Crippen LogP) is 4.57. The summed E-state index contributed by atoms with van der Waals surface area (Å²) in [6.07, 6.45) is 1.36. The topological polar surface area (TPSA) is 127 Å². The van der Waals surface area contributed by atoms with Crippen LogP contribution in [0.15, 0.2) is 77.7 Å². The molecule has 0 aliphatic carbocycles. The summed E-state index contributed by atoms with van der Waals surface area (Å²) < 4.78 is 43.3. The summed E-state index contributed by atoms with van der Waals surface area (Å²) >= 11 is 0. The smallest absolute Gasteiger partial charge is 0.333 e. The van der Waals surface area contributed by atoms with Gasteiger partial charge in [-0.1, -0.05) is 30.3 Å². The van der Waals surface area contributed by atoms with Crippen molar-refractivity contribution in [3.05, 3.63) is 83.9 Å². The number of amides is 2. The van der Waals surface area contributed by atoms with Crippen LogP contribution in [0.25, 0.3) is 5.57 Å². The number of methoxy groups -OCH3 is 2. The molecule has 2 N–H and O–H groups in total. The number of nitrogens with zero attached hydrogens (tertiary/aromatic N) is 1. The number of benzene rings is 3. The van der Waals surface area contributed by atoms with Crippen LogP contribution in [0.1, 0.15) is 18.1 Å². The molecular formula is C26H25N3O6S. The summed E-state index contributed by atoms with van der Waals surface area (Å²) in [5.74, 6) is 1.36. The second-order valence-corrected chi connectivity index (χ2v) is 8.96. The summed E-state index contributed by atoms with van der Waals surface area (Å²) in [6.45, 7) is 2.28. The SMILES string of the molecule is CCOc1cc(/C(=C\C#N)c2ccc(OC)c(NC(=O)NS(=O)(=O)c3ccccc3)c2)ccc1OC. The van der Waals surface area contributed by atoms with Crippen LogP contribution in [-0.4, -0.2) is 35.3 Å². The lowest BCUT2D eigenvalue weighted by atomic mass is 9.96. The van der Waals surface area contributed by atoms with Gasteiger partial charge < -0.3 is 19.5 Å². The van der Waals surface area contributed by atoms with Crippen molar-refractivity contribution in [3.8, 4) is 23.3 Å². The zero-order valence-electron chi connectivity index (χ0n) is 19.9. The molecule has 186 valence electrons. The van der Waals surface area contributed by atoms with Crippen molar-refractivity contribution in [2.45, 2.75) is 11.8 Å². The molecule has 10 heteroatoms. The second kappa shape index (κ2) is 11.8. The third-order valence-electron chi connectivity index (χ3n) is 5.02. The lowest BCUT2D eigenvalue weighted by Crippen LogP contribution is -2.34. The van der Waals surface area contributed by atoms with Crippen molar-refractivity contribution < 1.29 is 27.4 Å². The van der Waals surface area contributed by atoms with Crippen molar-refractivity contribution in [1.29, 1.82) is 5.26 Å². The fourth-order valence-corrected chi connectivity index (χ4v) is 4.34. The molecule has 0 unspecified atom stereocenters. The molecule has 0 fully saturated rings. The van der Waals surface area contributed by atoms with Gasteiger partial charge in [-0.15, -0.1) is 0 Å². The molecule has 0 saturated heterocycles. The lowest BCUT2D eigenvalue weighted by molar-refractivity contribution is 0.256. The number of urea groups is 1. The third-order valence-corrected chi connectivity index (χ3v) is 6.37. The van der Waals surface area contributed by atoms with Gasteiger partial charge in [-0.3, -0.25) is 0 Å². The van der Waals surface area contributed by atoms with Crippen LogP contribution in [0, 0.1) is 11.3 Å². The average molecular weight is 508 g/mol. The molecule has 36 heavy (non-hydrogen) atoms. The van der Waals surface area contributed by atoms with Gasteiger partial charge in [0.05, 0.1) is 37.5 Å². The number of carbonyl (C=O) groups is 1. The first-order valence-corrected chi connectivity index (χ1v) is 12.3. The van der Waals surface area contributed by atoms with E-state index in [9.17, 15) is 18.5 Å². The van der Waals surface area contributed by atoms with Crippen LogP contribution < -0.4 is 24.2 Å². The van der Waals surface area contributed by atoms with Crippen LogP contribution in [0.4, 0.5) is 10.5 Å². The summed E-state index contributed by atoms with van der Waals surface area (Å²) in [4.78, 5) is 12.5. The van der Waals surface area contributed by atoms with Gasteiger partial charge in [0.2, 0.25) is 0 Å². The number of ether oxygens (including phenoxy) is 3. The highest BCUT2D eigenvalue weighted by atomic mass is 32.2. The van der Waals surface area contributed by atoms with E-state index >= 15 is 0 Å². The Balaban J connectivity index is 1.95. The van der Waals surface area contributed by atoms with Gasteiger partial charge in [0.1, 0.15) is 5.75 Å². The maximum Gasteiger partial charge on any atom is 0.333 e. The molecular weight excluding hydrogens is 482 g/mol. The Morgan fingerprint density at radius 3 is 2.19 bits per heavy atom. The highest BCUT2D eigenvalue weighted by Gasteiger charge is 2.19. The largest absolute Gasteiger partial charge is 0.495 e. The molecule has 3 rings (SSSR count). The quantitative estimate of drug-likeness (QED) is 0.406. The van der Waals surface area contributed by atoms with Crippen molar-refractivity contribution in [2.75, 3.05) is 26.1 Å². The molecule has 0 bridgehead atoms. The van der Waals surface area contributed by atoms with Gasteiger partial charge in [0.25, 0.3) is 10.0 Å². The van der Waals surface area contributed by atoms with Gasteiger partial charge in [-0.25, -0.2) is 17.9 Å². The van der Waals surface area contributed by atoms with Crippen LogP contribution >= 0.6 is 0 Å². The van der Waals surface area contributed by atoms with Crippen molar-refractivity contribution in [2.24, 2.45) is 0 Å². The Kier molecular flexibility index (Phi) is 8.54. The van der Waals surface area contributed by atoms with E-state index in [1.54, 1.807) is 54.6 Å². The number of sulfonamides is 1. The lowest BCUT2D eigenvalue weighted by Gasteiger charge is -2.16. The molecule has 9 nitrogen and oxygen atoms in total. The number of allylic oxidation sites excluding steroid dienone is 1. The Morgan fingerprint density at radius 2 is 1.58 bits per heavy atom. The Morgan fingerprint density at radius 1 is 0.944 bits per heavy atom. The van der Waals surface area contributed by atoms with Gasteiger partial charge in [-0.05, 0) is 60.0 Å².